The van der Waals surface area contributed by atoms with E-state index in [9.17, 15) is 17.6 Å². The van der Waals surface area contributed by atoms with Gasteiger partial charge in [0.25, 0.3) is 5.91 Å². The number of amides is 1. The molecule has 1 aliphatic rings. The third kappa shape index (κ3) is 5.10. The molecule has 7 heteroatoms. The van der Waals surface area contributed by atoms with E-state index in [-0.39, 0.29) is 29.3 Å². The maximum absolute atomic E-state index is 13.3. The lowest BCUT2D eigenvalue weighted by atomic mass is 10.1. The molecule has 2 unspecified atom stereocenters. The average molecular weight is 405 g/mol. The van der Waals surface area contributed by atoms with Crippen LogP contribution < -0.4 is 4.74 Å². The van der Waals surface area contributed by atoms with Crippen molar-refractivity contribution in [2.24, 2.45) is 0 Å². The molecule has 0 N–H and O–H groups in total. The number of hydrogen-bond donors (Lipinski definition) is 0. The van der Waals surface area contributed by atoms with E-state index >= 15 is 0 Å². The monoisotopic (exact) mass is 405 g/mol. The molecule has 1 fully saturated rings. The van der Waals surface area contributed by atoms with Crippen LogP contribution >= 0.6 is 0 Å². The van der Waals surface area contributed by atoms with Gasteiger partial charge in [-0.05, 0) is 42.7 Å². The Kier molecular flexibility index (Phi) is 6.34. The van der Waals surface area contributed by atoms with Gasteiger partial charge in [-0.15, -0.1) is 0 Å². The Bertz CT molecular complexity index is 900. The molecule has 2 aromatic rings. The number of nitrogens with zero attached hydrogens (tertiary/aromatic N) is 1. The van der Waals surface area contributed by atoms with Crippen molar-refractivity contribution in [3.63, 3.8) is 0 Å². The van der Waals surface area contributed by atoms with E-state index < -0.39 is 15.9 Å². The Morgan fingerprint density at radius 2 is 1.86 bits per heavy atom. The van der Waals surface area contributed by atoms with E-state index in [2.05, 4.69) is 0 Å². The van der Waals surface area contributed by atoms with Crippen LogP contribution in [0.2, 0.25) is 0 Å². The summed E-state index contributed by atoms with van der Waals surface area (Å²) in [7, 11) is -3.14. The number of carbonyl (C=O) groups excluding carboxylic acids is 1. The predicted molar refractivity (Wildman–Crippen MR) is 105 cm³/mol. The molecular formula is C21H24FNO4S. The zero-order chi connectivity index (χ0) is 20.1. The van der Waals surface area contributed by atoms with Crippen molar-refractivity contribution in [3.8, 4) is 5.75 Å². The van der Waals surface area contributed by atoms with Gasteiger partial charge in [-0.3, -0.25) is 4.79 Å². The maximum atomic E-state index is 13.3. The highest BCUT2D eigenvalue weighted by molar-refractivity contribution is 7.91. The van der Waals surface area contributed by atoms with Crippen LogP contribution in [0.4, 0.5) is 4.39 Å². The molecule has 1 saturated heterocycles. The number of rotatable bonds is 7. The van der Waals surface area contributed by atoms with Crippen LogP contribution in [0.5, 0.6) is 5.75 Å². The summed E-state index contributed by atoms with van der Waals surface area (Å²) in [4.78, 5) is 14.9. The van der Waals surface area contributed by atoms with Crippen LogP contribution in [0.1, 0.15) is 25.3 Å². The Balaban J connectivity index is 1.82. The fraction of sp³-hybridized carbons (Fsp3) is 0.381. The van der Waals surface area contributed by atoms with Crippen LogP contribution in [-0.4, -0.2) is 42.9 Å². The first-order valence-electron chi connectivity index (χ1n) is 9.35. The van der Waals surface area contributed by atoms with Gasteiger partial charge < -0.3 is 9.64 Å². The van der Waals surface area contributed by atoms with Gasteiger partial charge >= 0.3 is 0 Å². The van der Waals surface area contributed by atoms with Crippen LogP contribution in [-0.2, 0) is 21.2 Å². The normalized spacial score (nSPS) is 19.1. The van der Waals surface area contributed by atoms with E-state index in [1.807, 2.05) is 37.3 Å². The number of carbonyl (C=O) groups is 1. The second-order valence-electron chi connectivity index (χ2n) is 6.98. The quantitative estimate of drug-likeness (QED) is 0.710. The zero-order valence-corrected chi connectivity index (χ0v) is 16.6. The first-order chi connectivity index (χ1) is 13.4. The summed E-state index contributed by atoms with van der Waals surface area (Å²) in [6, 6.07) is 14.6. The first-order valence-corrected chi connectivity index (χ1v) is 11.2. The van der Waals surface area contributed by atoms with Crippen LogP contribution in [0.25, 0.3) is 0 Å². The lowest BCUT2D eigenvalue weighted by Crippen LogP contribution is -2.47. The first kappa shape index (κ1) is 20.3. The number of ether oxygens (including phenoxy) is 1. The summed E-state index contributed by atoms with van der Waals surface area (Å²) in [6.45, 7) is 2.15. The molecule has 28 heavy (non-hydrogen) atoms. The van der Waals surface area contributed by atoms with Crippen LogP contribution in [0.15, 0.2) is 54.6 Å². The molecule has 2 atom stereocenters. The van der Waals surface area contributed by atoms with Gasteiger partial charge in [0.15, 0.2) is 15.9 Å². The fourth-order valence-corrected chi connectivity index (χ4v) is 5.09. The Labute approximate surface area is 165 Å². The van der Waals surface area contributed by atoms with Crippen molar-refractivity contribution in [2.75, 3.05) is 11.5 Å². The Morgan fingerprint density at radius 3 is 2.43 bits per heavy atom. The summed E-state index contributed by atoms with van der Waals surface area (Å²) >= 11 is 0. The van der Waals surface area contributed by atoms with Crippen LogP contribution in [0, 0.1) is 5.82 Å². The molecule has 0 saturated carbocycles. The molecule has 0 aliphatic carbocycles. The second-order valence-corrected chi connectivity index (χ2v) is 9.21. The Hall–Kier alpha value is -2.41. The molecule has 1 aliphatic heterocycles. The molecule has 1 amide bonds. The van der Waals surface area contributed by atoms with E-state index in [1.54, 1.807) is 4.90 Å². The molecule has 0 radical (unpaired) electrons. The van der Waals surface area contributed by atoms with Gasteiger partial charge in [0.2, 0.25) is 0 Å². The van der Waals surface area contributed by atoms with Crippen molar-refractivity contribution < 1.29 is 22.3 Å². The summed E-state index contributed by atoms with van der Waals surface area (Å²) in [6.07, 6.45) is 0.0759. The summed E-state index contributed by atoms with van der Waals surface area (Å²) in [5, 5.41) is 0. The van der Waals surface area contributed by atoms with Crippen molar-refractivity contribution in [3.05, 3.63) is 66.0 Å². The molecule has 1 heterocycles. The van der Waals surface area contributed by atoms with Gasteiger partial charge in [-0.1, -0.05) is 37.3 Å². The summed E-state index contributed by atoms with van der Waals surface area (Å²) < 4.78 is 42.9. The van der Waals surface area contributed by atoms with Gasteiger partial charge in [0.05, 0.1) is 11.5 Å². The molecule has 0 spiro atoms. The molecule has 150 valence electrons. The highest BCUT2D eigenvalue weighted by Crippen LogP contribution is 2.23. The largest absolute Gasteiger partial charge is 0.481 e. The third-order valence-electron chi connectivity index (χ3n) is 4.87. The number of hydrogen-bond acceptors (Lipinski definition) is 4. The van der Waals surface area contributed by atoms with Crippen molar-refractivity contribution in [1.82, 2.24) is 4.90 Å². The minimum absolute atomic E-state index is 0.0292. The predicted octanol–water partition coefficient (Wildman–Crippen LogP) is 3.20. The van der Waals surface area contributed by atoms with Crippen molar-refractivity contribution in [1.29, 1.82) is 0 Å². The SMILES string of the molecule is CCC(Oc1ccc(F)cc1)C(=O)N(Cc1ccccc1)C1CCS(=O)(=O)C1. The van der Waals surface area contributed by atoms with E-state index in [0.29, 0.717) is 25.1 Å². The van der Waals surface area contributed by atoms with Gasteiger partial charge in [0, 0.05) is 12.6 Å². The summed E-state index contributed by atoms with van der Waals surface area (Å²) in [5.74, 6) is -0.170. The van der Waals surface area contributed by atoms with Gasteiger partial charge in [-0.25, -0.2) is 12.8 Å². The maximum Gasteiger partial charge on any atom is 0.264 e. The molecule has 3 rings (SSSR count). The lowest BCUT2D eigenvalue weighted by Gasteiger charge is -2.31. The average Bonchev–Trinajstić information content (AvgIpc) is 3.05. The smallest absolute Gasteiger partial charge is 0.264 e. The fourth-order valence-electron chi connectivity index (χ4n) is 3.36. The van der Waals surface area contributed by atoms with E-state index in [1.165, 1.54) is 24.3 Å². The molecule has 5 nitrogen and oxygen atoms in total. The second kappa shape index (κ2) is 8.73. The Morgan fingerprint density at radius 1 is 1.18 bits per heavy atom. The highest BCUT2D eigenvalue weighted by atomic mass is 32.2. The topological polar surface area (TPSA) is 63.7 Å². The molecular weight excluding hydrogens is 381 g/mol. The molecule has 0 aromatic heterocycles. The van der Waals surface area contributed by atoms with E-state index in [0.717, 1.165) is 5.56 Å². The van der Waals surface area contributed by atoms with Crippen LogP contribution in [0.3, 0.4) is 0 Å². The van der Waals surface area contributed by atoms with Crippen molar-refractivity contribution in [2.45, 2.75) is 38.5 Å². The highest BCUT2D eigenvalue weighted by Gasteiger charge is 2.37. The van der Waals surface area contributed by atoms with Gasteiger partial charge in [-0.2, -0.15) is 0 Å². The van der Waals surface area contributed by atoms with E-state index in [4.69, 9.17) is 4.74 Å². The standard InChI is InChI=1S/C21H24FNO4S/c1-2-20(27-19-10-8-17(22)9-11-19)21(24)23(14-16-6-4-3-5-7-16)18-12-13-28(25,26)15-18/h3-11,18,20H,2,12-15H2,1H3. The number of benzene rings is 2. The lowest BCUT2D eigenvalue weighted by molar-refractivity contribution is -0.141. The molecule has 0 bridgehead atoms. The minimum Gasteiger partial charge on any atom is -0.481 e. The van der Waals surface area contributed by atoms with Gasteiger partial charge in [0.1, 0.15) is 11.6 Å². The third-order valence-corrected chi connectivity index (χ3v) is 6.62. The molecule has 2 aromatic carbocycles. The summed E-state index contributed by atoms with van der Waals surface area (Å²) in [5.41, 5.74) is 0.928. The zero-order valence-electron chi connectivity index (χ0n) is 15.8. The number of halogens is 1. The van der Waals surface area contributed by atoms with Crippen molar-refractivity contribution >= 4 is 15.7 Å². The number of sulfone groups is 1. The minimum atomic E-state index is -3.14.